The highest BCUT2D eigenvalue weighted by Gasteiger charge is 2.13. The molecule has 0 radical (unpaired) electrons. The maximum atomic E-state index is 12.5. The van der Waals surface area contributed by atoms with Crippen LogP contribution in [0.2, 0.25) is 0 Å². The molecule has 0 N–H and O–H groups in total. The Labute approximate surface area is 137 Å². The molecule has 0 fully saturated rings. The van der Waals surface area contributed by atoms with Crippen LogP contribution in [-0.4, -0.2) is 27.8 Å². The van der Waals surface area contributed by atoms with E-state index in [1.807, 2.05) is 18.2 Å². The van der Waals surface area contributed by atoms with E-state index in [0.717, 1.165) is 11.3 Å². The predicted molar refractivity (Wildman–Crippen MR) is 90.6 cm³/mol. The van der Waals surface area contributed by atoms with Crippen molar-refractivity contribution in [2.75, 3.05) is 7.05 Å². The van der Waals surface area contributed by atoms with Crippen LogP contribution in [-0.2, 0) is 6.54 Å². The van der Waals surface area contributed by atoms with E-state index in [4.69, 9.17) is 0 Å². The van der Waals surface area contributed by atoms with Gasteiger partial charge in [-0.05, 0) is 39.0 Å². The van der Waals surface area contributed by atoms with E-state index in [9.17, 15) is 4.79 Å². The lowest BCUT2D eigenvalue weighted by Crippen LogP contribution is -2.26. The number of hydrogen-bond acceptors (Lipinski definition) is 3. The lowest BCUT2D eigenvalue weighted by Gasteiger charge is -2.16. The molecule has 118 valence electrons. The first kappa shape index (κ1) is 16.7. The lowest BCUT2D eigenvalue weighted by molar-refractivity contribution is 0.0783. The average molecular weight is 307 g/mol. The average Bonchev–Trinajstić information content (AvgIpc) is 2.53. The minimum atomic E-state index is -0.0667. The molecule has 4 heteroatoms. The molecule has 23 heavy (non-hydrogen) atoms. The number of aromatic nitrogens is 2. The molecule has 0 aliphatic rings. The summed E-state index contributed by atoms with van der Waals surface area (Å²) < 4.78 is 0. The van der Waals surface area contributed by atoms with Crippen molar-refractivity contribution in [3.8, 4) is 11.8 Å². The Bertz CT molecular complexity index is 736. The second-order valence-electron chi connectivity index (χ2n) is 6.44. The molecule has 0 bridgehead atoms. The van der Waals surface area contributed by atoms with Gasteiger partial charge in [-0.15, -0.1) is 0 Å². The maximum absolute atomic E-state index is 12.5. The van der Waals surface area contributed by atoms with Gasteiger partial charge in [0.2, 0.25) is 0 Å². The van der Waals surface area contributed by atoms with Crippen molar-refractivity contribution in [1.29, 1.82) is 0 Å². The Morgan fingerprint density at radius 2 is 2.04 bits per heavy atom. The van der Waals surface area contributed by atoms with Gasteiger partial charge in [-0.3, -0.25) is 14.8 Å². The van der Waals surface area contributed by atoms with Crippen LogP contribution in [0.5, 0.6) is 0 Å². The summed E-state index contributed by atoms with van der Waals surface area (Å²) in [6, 6.07) is 7.40. The van der Waals surface area contributed by atoms with Crippen molar-refractivity contribution >= 4 is 5.91 Å². The number of benzene rings is 1. The molecule has 0 atom stereocenters. The molecule has 0 saturated carbocycles. The van der Waals surface area contributed by atoms with E-state index >= 15 is 0 Å². The molecule has 0 aliphatic heterocycles. The summed E-state index contributed by atoms with van der Waals surface area (Å²) in [7, 11) is 1.75. The molecule has 0 saturated heterocycles. The molecule has 0 unspecified atom stereocenters. The molecule has 1 aromatic carbocycles. The van der Waals surface area contributed by atoms with Crippen molar-refractivity contribution < 1.29 is 4.79 Å². The highest BCUT2D eigenvalue weighted by Crippen LogP contribution is 2.12. The Morgan fingerprint density at radius 3 is 2.70 bits per heavy atom. The zero-order chi connectivity index (χ0) is 16.9. The molecule has 1 aromatic heterocycles. The van der Waals surface area contributed by atoms with Gasteiger partial charge >= 0.3 is 0 Å². The molecule has 0 spiro atoms. The number of amides is 1. The first-order valence-electron chi connectivity index (χ1n) is 7.49. The standard InChI is InChI=1S/C19H21N3O/c1-19(2,3)9-8-15-6-5-7-16(12-15)18(23)22(4)14-17-13-20-10-11-21-17/h5-7,10-13H,14H2,1-4H3. The Balaban J connectivity index is 2.14. The van der Waals surface area contributed by atoms with E-state index in [0.29, 0.717) is 12.1 Å². The Morgan fingerprint density at radius 1 is 1.26 bits per heavy atom. The number of carbonyl (C=O) groups excluding carboxylic acids is 1. The van der Waals surface area contributed by atoms with Gasteiger partial charge in [0.15, 0.2) is 0 Å². The summed E-state index contributed by atoms with van der Waals surface area (Å²) in [5, 5.41) is 0. The van der Waals surface area contributed by atoms with Crippen molar-refractivity contribution in [1.82, 2.24) is 14.9 Å². The smallest absolute Gasteiger partial charge is 0.253 e. The molecular formula is C19H21N3O. The molecule has 1 amide bonds. The summed E-state index contributed by atoms with van der Waals surface area (Å²) in [5.74, 6) is 6.25. The van der Waals surface area contributed by atoms with Gasteiger partial charge in [0.25, 0.3) is 5.91 Å². The van der Waals surface area contributed by atoms with E-state index in [2.05, 4.69) is 42.6 Å². The van der Waals surface area contributed by atoms with Crippen LogP contribution in [0, 0.1) is 17.3 Å². The normalized spacial score (nSPS) is 10.6. The first-order valence-corrected chi connectivity index (χ1v) is 7.49. The van der Waals surface area contributed by atoms with Crippen LogP contribution >= 0.6 is 0 Å². The predicted octanol–water partition coefficient (Wildman–Crippen LogP) is 3.15. The zero-order valence-electron chi connectivity index (χ0n) is 14.0. The summed E-state index contributed by atoms with van der Waals surface area (Å²) >= 11 is 0. The lowest BCUT2D eigenvalue weighted by atomic mass is 9.97. The fourth-order valence-corrected chi connectivity index (χ4v) is 1.94. The van der Waals surface area contributed by atoms with Crippen molar-refractivity contribution in [3.05, 3.63) is 59.7 Å². The van der Waals surface area contributed by atoms with Gasteiger partial charge in [-0.2, -0.15) is 0 Å². The Kier molecular flexibility index (Phi) is 5.13. The quantitative estimate of drug-likeness (QED) is 0.818. The van der Waals surface area contributed by atoms with E-state index in [1.54, 1.807) is 36.6 Å². The van der Waals surface area contributed by atoms with Gasteiger partial charge in [0, 0.05) is 36.0 Å². The number of carbonyl (C=O) groups is 1. The summed E-state index contributed by atoms with van der Waals surface area (Å²) in [6.07, 6.45) is 4.90. The van der Waals surface area contributed by atoms with Gasteiger partial charge < -0.3 is 4.90 Å². The second-order valence-corrected chi connectivity index (χ2v) is 6.44. The van der Waals surface area contributed by atoms with Crippen LogP contribution in [0.15, 0.2) is 42.9 Å². The van der Waals surface area contributed by atoms with Crippen molar-refractivity contribution in [3.63, 3.8) is 0 Å². The van der Waals surface area contributed by atoms with Crippen LogP contribution < -0.4 is 0 Å². The topological polar surface area (TPSA) is 46.1 Å². The molecule has 2 aromatic rings. The molecule has 0 aliphatic carbocycles. The zero-order valence-corrected chi connectivity index (χ0v) is 14.0. The van der Waals surface area contributed by atoms with E-state index in [-0.39, 0.29) is 11.3 Å². The third-order valence-electron chi connectivity index (χ3n) is 3.05. The summed E-state index contributed by atoms with van der Waals surface area (Å²) in [4.78, 5) is 22.4. The second kappa shape index (κ2) is 7.06. The fourth-order valence-electron chi connectivity index (χ4n) is 1.94. The van der Waals surface area contributed by atoms with Gasteiger partial charge in [-0.1, -0.05) is 17.9 Å². The third-order valence-corrected chi connectivity index (χ3v) is 3.05. The molecular weight excluding hydrogens is 286 g/mol. The van der Waals surface area contributed by atoms with Crippen LogP contribution in [0.4, 0.5) is 0 Å². The minimum Gasteiger partial charge on any atom is -0.336 e. The fraction of sp³-hybridized carbons (Fsp3) is 0.316. The highest BCUT2D eigenvalue weighted by atomic mass is 16.2. The third kappa shape index (κ3) is 5.23. The summed E-state index contributed by atoms with van der Waals surface area (Å²) in [6.45, 7) is 6.60. The number of hydrogen-bond donors (Lipinski definition) is 0. The SMILES string of the molecule is CN(Cc1cnccn1)C(=O)c1cccc(C#CC(C)(C)C)c1. The summed E-state index contributed by atoms with van der Waals surface area (Å²) in [5.41, 5.74) is 2.16. The van der Waals surface area contributed by atoms with Crippen molar-refractivity contribution in [2.24, 2.45) is 5.41 Å². The van der Waals surface area contributed by atoms with Gasteiger partial charge in [0.1, 0.15) is 0 Å². The van der Waals surface area contributed by atoms with E-state index in [1.165, 1.54) is 0 Å². The van der Waals surface area contributed by atoms with Crippen LogP contribution in [0.3, 0.4) is 0 Å². The van der Waals surface area contributed by atoms with Gasteiger partial charge in [-0.25, -0.2) is 0 Å². The largest absolute Gasteiger partial charge is 0.336 e. The molecule has 2 rings (SSSR count). The number of nitrogens with zero attached hydrogens (tertiary/aromatic N) is 3. The first-order chi connectivity index (χ1) is 10.8. The minimum absolute atomic E-state index is 0.0601. The Hall–Kier alpha value is -2.67. The number of rotatable bonds is 3. The molecule has 4 nitrogen and oxygen atoms in total. The van der Waals surface area contributed by atoms with E-state index < -0.39 is 0 Å². The van der Waals surface area contributed by atoms with Crippen LogP contribution in [0.1, 0.15) is 42.4 Å². The van der Waals surface area contributed by atoms with Crippen molar-refractivity contribution in [2.45, 2.75) is 27.3 Å². The van der Waals surface area contributed by atoms with Crippen LogP contribution in [0.25, 0.3) is 0 Å². The van der Waals surface area contributed by atoms with Gasteiger partial charge in [0.05, 0.1) is 18.4 Å². The monoisotopic (exact) mass is 307 g/mol. The molecule has 1 heterocycles. The highest BCUT2D eigenvalue weighted by molar-refractivity contribution is 5.94. The maximum Gasteiger partial charge on any atom is 0.253 e.